The molecule has 3 aromatic heterocycles. The van der Waals surface area contributed by atoms with E-state index in [9.17, 15) is 0 Å². The van der Waals surface area contributed by atoms with E-state index in [0.29, 0.717) is 85.2 Å². The number of H-pyrrole nitrogens is 1. The van der Waals surface area contributed by atoms with E-state index in [4.69, 9.17) is 19.9 Å². The van der Waals surface area contributed by atoms with Crippen LogP contribution in [0.25, 0.3) is 89.7 Å². The number of hydrogen-bond acceptors (Lipinski definition) is 14. The molecule has 2 aliphatic heterocycles. The lowest BCUT2D eigenvalue weighted by atomic mass is 10.00. The van der Waals surface area contributed by atoms with E-state index in [-0.39, 0.29) is 50.5 Å². The highest BCUT2D eigenvalue weighted by Gasteiger charge is 2.38. The molecular formula is C88H66F8N16. The predicted molar refractivity (Wildman–Crippen MR) is 431 cm³/mol. The third kappa shape index (κ3) is 12.2. The van der Waals surface area contributed by atoms with Crippen molar-refractivity contribution in [1.29, 1.82) is 0 Å². The zero-order chi connectivity index (χ0) is 77.7. The predicted octanol–water partition coefficient (Wildman–Crippen LogP) is 24.0. The first-order valence-electron chi connectivity index (χ1n) is 35.8. The summed E-state index contributed by atoms with van der Waals surface area (Å²) < 4.78 is 137. The van der Waals surface area contributed by atoms with Crippen LogP contribution in [-0.2, 0) is 0 Å². The maximum atomic E-state index is 17.8. The summed E-state index contributed by atoms with van der Waals surface area (Å²) in [6.07, 6.45) is 0. The summed E-state index contributed by atoms with van der Waals surface area (Å²) in [7, 11) is 0. The van der Waals surface area contributed by atoms with Crippen molar-refractivity contribution in [1.82, 2.24) is 39.6 Å². The van der Waals surface area contributed by atoms with Crippen LogP contribution in [0.3, 0.4) is 0 Å². The van der Waals surface area contributed by atoms with Crippen molar-refractivity contribution in [2.45, 2.75) is 55.4 Å². The molecule has 0 atom stereocenters. The highest BCUT2D eigenvalue weighted by Crippen LogP contribution is 2.56. The Bertz CT molecular complexity index is 6660. The maximum absolute atomic E-state index is 17.8. The van der Waals surface area contributed by atoms with E-state index >= 15 is 35.1 Å². The highest BCUT2D eigenvalue weighted by atomic mass is 19.2. The lowest BCUT2D eigenvalue weighted by Gasteiger charge is -2.26. The van der Waals surface area contributed by atoms with Gasteiger partial charge in [0.05, 0.1) is 83.7 Å². The fraction of sp³-hybridized carbons (Fsp3) is 0.0909. The van der Waals surface area contributed by atoms with Gasteiger partial charge in [-0.25, -0.2) is 69.7 Å². The number of halogens is 8. The van der Waals surface area contributed by atoms with Crippen LogP contribution >= 0.6 is 0 Å². The lowest BCUT2D eigenvalue weighted by Crippen LogP contribution is -2.11. The molecule has 0 saturated heterocycles. The van der Waals surface area contributed by atoms with Crippen molar-refractivity contribution in [3.63, 3.8) is 0 Å². The Morgan fingerprint density at radius 1 is 0.250 bits per heavy atom. The molecule has 17 rings (SSSR count). The normalized spacial score (nSPS) is 11.6. The van der Waals surface area contributed by atoms with Crippen LogP contribution < -0.4 is 42.6 Å². The summed E-state index contributed by atoms with van der Waals surface area (Å²) in [6, 6.07) is 62.3. The monoisotopic (exact) mass is 1500 g/mol. The Morgan fingerprint density at radius 2 is 0.536 bits per heavy atom. The number of anilines is 15. The largest absolute Gasteiger partial charge is 0.354 e. The molecule has 112 heavy (non-hydrogen) atoms. The number of fused-ring (bicyclic) bond motifs is 20. The molecule has 0 aliphatic carbocycles. The van der Waals surface area contributed by atoms with Crippen molar-refractivity contribution >= 4 is 129 Å². The molecular weight excluding hydrogens is 1430 g/mol. The minimum atomic E-state index is -2.30. The Morgan fingerprint density at radius 3 is 0.911 bits per heavy atom. The molecule has 554 valence electrons. The molecule has 15 aromatic rings. The molecule has 12 aromatic carbocycles. The van der Waals surface area contributed by atoms with E-state index in [2.05, 4.69) is 57.6 Å². The number of hydrogen-bond donors (Lipinski definition) is 9. The van der Waals surface area contributed by atoms with Gasteiger partial charge in [-0.3, -0.25) is 5.43 Å². The number of rotatable bonds is 16. The summed E-state index contributed by atoms with van der Waals surface area (Å²) in [6.45, 7) is 15.4. The molecule has 0 unspecified atom stereocenters. The van der Waals surface area contributed by atoms with Gasteiger partial charge < -0.3 is 42.2 Å². The van der Waals surface area contributed by atoms with Gasteiger partial charge in [-0.05, 0) is 154 Å². The molecule has 0 saturated carbocycles. The minimum Gasteiger partial charge on any atom is -0.354 e. The summed E-state index contributed by atoms with van der Waals surface area (Å²) >= 11 is 0. The van der Waals surface area contributed by atoms with E-state index in [1.807, 2.05) is 237 Å². The first kappa shape index (κ1) is 70.8. The third-order valence-electron chi connectivity index (χ3n) is 20.4. The first-order chi connectivity index (χ1) is 54.2. The molecule has 16 nitrogen and oxygen atoms in total. The fourth-order valence-electron chi connectivity index (χ4n) is 14.2. The molecule has 2 aliphatic rings. The quantitative estimate of drug-likeness (QED) is 0.0252. The number of aryl methyl sites for hydroxylation is 8. The maximum Gasteiger partial charge on any atom is 0.198 e. The van der Waals surface area contributed by atoms with Gasteiger partial charge in [0.25, 0.3) is 0 Å². The molecule has 5 heterocycles. The average Bonchev–Trinajstić information content (AvgIpc) is 1.55. The number of benzene rings is 12. The highest BCUT2D eigenvalue weighted by molar-refractivity contribution is 6.27. The van der Waals surface area contributed by atoms with E-state index in [0.717, 1.165) is 38.9 Å². The number of para-hydroxylation sites is 8. The van der Waals surface area contributed by atoms with E-state index in [1.54, 1.807) is 18.2 Å². The van der Waals surface area contributed by atoms with Gasteiger partial charge >= 0.3 is 0 Å². The second kappa shape index (κ2) is 28.1. The van der Waals surface area contributed by atoms with Crippen molar-refractivity contribution in [3.05, 3.63) is 291 Å². The Hall–Kier alpha value is -14.2. The topological polar surface area (TPSA) is 194 Å². The van der Waals surface area contributed by atoms with Crippen LogP contribution in [0, 0.1) is 102 Å². The number of aromatic amines is 1. The SMILES string of the molecule is Cc1ccccc1Nc1cc2c(c(Nc3ccccc3C)c1Nc1ccccc1C)-c1nc-2nc2[nH]c(nc3nc(nc4c5c(Nc6ccccc6C)c(Nc6ccccc6C)c(Nc6ccccc6C)c(Nc6ccccc6C)c5c(n1)n4Nc1ccccc1C)-c1c(F)c(F)c(F)c(F)c1-3)c1c(F)c(F)c(F)c(F)c21. The Kier molecular flexibility index (Phi) is 17.8. The van der Waals surface area contributed by atoms with Crippen LogP contribution in [0.1, 0.15) is 44.5 Å². The van der Waals surface area contributed by atoms with Crippen LogP contribution in [0.2, 0.25) is 0 Å². The summed E-state index contributed by atoms with van der Waals surface area (Å²) in [4.78, 5) is 33.5. The minimum absolute atomic E-state index is 0.0606. The number of nitrogens with one attached hydrogen (secondary N) is 9. The van der Waals surface area contributed by atoms with Crippen molar-refractivity contribution in [2.24, 2.45) is 0 Å². The van der Waals surface area contributed by atoms with Gasteiger partial charge in [0.2, 0.25) is 0 Å². The average molecular weight is 1500 g/mol. The van der Waals surface area contributed by atoms with E-state index < -0.39 is 91.4 Å². The van der Waals surface area contributed by atoms with Gasteiger partial charge in [0.1, 0.15) is 11.3 Å². The second-order valence-corrected chi connectivity index (χ2v) is 27.6. The Labute approximate surface area is 635 Å². The molecule has 8 bridgehead atoms. The van der Waals surface area contributed by atoms with Crippen LogP contribution in [0.15, 0.2) is 200 Å². The van der Waals surface area contributed by atoms with E-state index in [1.165, 1.54) is 4.68 Å². The molecule has 24 heteroatoms. The lowest BCUT2D eigenvalue weighted by molar-refractivity contribution is 0.412. The Balaban J connectivity index is 1.18. The molecule has 9 N–H and O–H groups in total. The van der Waals surface area contributed by atoms with Crippen molar-refractivity contribution in [3.8, 4) is 45.6 Å². The van der Waals surface area contributed by atoms with Gasteiger partial charge in [-0.15, -0.1) is 0 Å². The summed E-state index contributed by atoms with van der Waals surface area (Å²) in [5.41, 5.74) is 13.4. The van der Waals surface area contributed by atoms with Crippen molar-refractivity contribution in [2.75, 3.05) is 42.6 Å². The zero-order valence-corrected chi connectivity index (χ0v) is 61.2. The van der Waals surface area contributed by atoms with Crippen LogP contribution in [-0.4, -0.2) is 39.6 Å². The fourth-order valence-corrected chi connectivity index (χ4v) is 14.2. The van der Waals surface area contributed by atoms with Gasteiger partial charge in [0, 0.05) is 45.4 Å². The van der Waals surface area contributed by atoms with Crippen LogP contribution in [0.4, 0.5) is 120 Å². The molecule has 0 radical (unpaired) electrons. The van der Waals surface area contributed by atoms with Gasteiger partial charge in [0.15, 0.2) is 81.1 Å². The zero-order valence-electron chi connectivity index (χ0n) is 61.2. The second-order valence-electron chi connectivity index (χ2n) is 27.6. The van der Waals surface area contributed by atoms with Crippen LogP contribution in [0.5, 0.6) is 0 Å². The summed E-state index contributed by atoms with van der Waals surface area (Å²) in [5.74, 6) is -19.4. The smallest absolute Gasteiger partial charge is 0.198 e. The number of nitrogens with zero attached hydrogens (tertiary/aromatic N) is 7. The van der Waals surface area contributed by atoms with Crippen molar-refractivity contribution < 1.29 is 35.1 Å². The number of aromatic nitrogens is 8. The summed E-state index contributed by atoms with van der Waals surface area (Å²) in [5, 5.41) is 24.9. The standard InChI is InChI=1S/C88H66F8N16/c1-42-25-9-17-33-51(42)97-59-41-50-60(76(99-53-35-19-11-27-44(53)3)75(59)98-52-34-18-10-26-43(52)2)82-104-81(50)105-83-61-62(68(90)72(94)71(93)67(61)89)84(106-83)107-85-63-64(70(92)74(96)73(95)69(63)91)86(108-85)110-88-66-65(87(109-82)112(88)111-58-40-24-16-32-49(58)8)77(100-54-36-20-12-28-45(54)4)79(102-56-38-22-14-30-47(56)6)80(103-57-39-23-15-31-48(57)7)78(66)101-55-37-21-13-29-46(55)5/h9-41,97-103,111H,1-8H3,(H,104,105,106,107,108,109,110). The molecule has 0 fully saturated rings. The molecule has 0 amide bonds. The first-order valence-corrected chi connectivity index (χ1v) is 35.8. The molecule has 0 spiro atoms. The van der Waals surface area contributed by atoms with Gasteiger partial charge in [-0.2, -0.15) is 0 Å². The van der Waals surface area contributed by atoms with Gasteiger partial charge in [-0.1, -0.05) is 146 Å². The third-order valence-corrected chi connectivity index (χ3v) is 20.4.